The van der Waals surface area contributed by atoms with Crippen LogP contribution < -0.4 is 5.32 Å². The molecule has 0 unspecified atom stereocenters. The average Bonchev–Trinajstić information content (AvgIpc) is 2.19. The van der Waals surface area contributed by atoms with Crippen molar-refractivity contribution in [3.63, 3.8) is 0 Å². The van der Waals surface area contributed by atoms with E-state index < -0.39 is 0 Å². The molecule has 0 atom stereocenters. The fraction of sp³-hybridized carbons (Fsp3) is 0.600. The molecule has 1 aromatic rings. The van der Waals surface area contributed by atoms with E-state index in [0.717, 1.165) is 35.1 Å². The minimum Gasteiger partial charge on any atom is -0.373 e. The second-order valence-corrected chi connectivity index (χ2v) is 4.18. The van der Waals surface area contributed by atoms with Crippen LogP contribution in [0.3, 0.4) is 0 Å². The van der Waals surface area contributed by atoms with E-state index in [-0.39, 0.29) is 0 Å². The van der Waals surface area contributed by atoms with Crippen molar-refractivity contribution in [2.75, 3.05) is 24.4 Å². The molecule has 1 heterocycles. The maximum Gasteiger partial charge on any atom is 0.132 e. The van der Waals surface area contributed by atoms with Crippen LogP contribution in [0.1, 0.15) is 17.1 Å². The number of thioether (sulfide) groups is 1. The molecular formula is C10H17N3S. The number of rotatable bonds is 4. The SMILES string of the molecule is CNc1nc(CCSC)nc(C)c1C. The molecule has 0 amide bonds. The quantitative estimate of drug-likeness (QED) is 0.827. The first kappa shape index (κ1) is 11.3. The van der Waals surface area contributed by atoms with Crippen molar-refractivity contribution in [3.05, 3.63) is 17.1 Å². The standard InChI is InChI=1S/C10H17N3S/c1-7-8(2)12-9(5-6-14-4)13-10(7)11-3/h5-6H2,1-4H3,(H,11,12,13). The summed E-state index contributed by atoms with van der Waals surface area (Å²) in [5.41, 5.74) is 2.21. The molecule has 0 spiro atoms. The van der Waals surface area contributed by atoms with Crippen molar-refractivity contribution >= 4 is 17.6 Å². The summed E-state index contributed by atoms with van der Waals surface area (Å²) in [4.78, 5) is 8.91. The van der Waals surface area contributed by atoms with Gasteiger partial charge in [-0.25, -0.2) is 9.97 Å². The highest BCUT2D eigenvalue weighted by Crippen LogP contribution is 2.14. The lowest BCUT2D eigenvalue weighted by molar-refractivity contribution is 0.913. The minimum absolute atomic E-state index is 0.937. The molecule has 0 aliphatic heterocycles. The highest BCUT2D eigenvalue weighted by molar-refractivity contribution is 7.98. The summed E-state index contributed by atoms with van der Waals surface area (Å²) in [5.74, 6) is 2.96. The van der Waals surface area contributed by atoms with Crippen molar-refractivity contribution in [1.29, 1.82) is 0 Å². The predicted octanol–water partition coefficient (Wildman–Crippen LogP) is 2.04. The Morgan fingerprint density at radius 3 is 2.57 bits per heavy atom. The molecule has 1 N–H and O–H groups in total. The van der Waals surface area contributed by atoms with Crippen LogP contribution in [0.15, 0.2) is 0 Å². The van der Waals surface area contributed by atoms with Crippen LogP contribution in [0.5, 0.6) is 0 Å². The Morgan fingerprint density at radius 1 is 1.29 bits per heavy atom. The molecule has 0 fully saturated rings. The Labute approximate surface area is 89.7 Å². The van der Waals surface area contributed by atoms with E-state index in [9.17, 15) is 0 Å². The minimum atomic E-state index is 0.937. The largest absolute Gasteiger partial charge is 0.373 e. The van der Waals surface area contributed by atoms with Gasteiger partial charge in [0.2, 0.25) is 0 Å². The Hall–Kier alpha value is -0.770. The molecule has 0 aliphatic carbocycles. The smallest absolute Gasteiger partial charge is 0.132 e. The van der Waals surface area contributed by atoms with Crippen LogP contribution in [0.4, 0.5) is 5.82 Å². The van der Waals surface area contributed by atoms with Gasteiger partial charge in [0.1, 0.15) is 11.6 Å². The lowest BCUT2D eigenvalue weighted by atomic mass is 10.2. The molecule has 0 bridgehead atoms. The molecule has 78 valence electrons. The van der Waals surface area contributed by atoms with Gasteiger partial charge >= 0.3 is 0 Å². The van der Waals surface area contributed by atoms with Crippen molar-refractivity contribution in [2.45, 2.75) is 20.3 Å². The van der Waals surface area contributed by atoms with Crippen LogP contribution >= 0.6 is 11.8 Å². The fourth-order valence-corrected chi connectivity index (χ4v) is 1.62. The third-order valence-corrected chi connectivity index (χ3v) is 2.81. The van der Waals surface area contributed by atoms with E-state index in [1.807, 2.05) is 32.7 Å². The number of hydrogen-bond acceptors (Lipinski definition) is 4. The zero-order valence-corrected chi connectivity index (χ0v) is 10.0. The topological polar surface area (TPSA) is 37.8 Å². The zero-order chi connectivity index (χ0) is 10.6. The van der Waals surface area contributed by atoms with Gasteiger partial charge in [-0.1, -0.05) is 0 Å². The van der Waals surface area contributed by atoms with Crippen LogP contribution in [0, 0.1) is 13.8 Å². The first-order valence-electron chi connectivity index (χ1n) is 4.69. The van der Waals surface area contributed by atoms with Gasteiger partial charge in [0.05, 0.1) is 0 Å². The van der Waals surface area contributed by atoms with E-state index in [0.29, 0.717) is 0 Å². The summed E-state index contributed by atoms with van der Waals surface area (Å²) in [7, 11) is 1.90. The van der Waals surface area contributed by atoms with Gasteiger partial charge in [0.15, 0.2) is 0 Å². The number of aromatic nitrogens is 2. The summed E-state index contributed by atoms with van der Waals surface area (Å²) in [5, 5.41) is 3.09. The number of aryl methyl sites for hydroxylation is 2. The third-order valence-electron chi connectivity index (χ3n) is 2.20. The Kier molecular flexibility index (Phi) is 4.20. The van der Waals surface area contributed by atoms with Crippen LogP contribution in [0.25, 0.3) is 0 Å². The maximum atomic E-state index is 4.45. The zero-order valence-electron chi connectivity index (χ0n) is 9.22. The predicted molar refractivity (Wildman–Crippen MR) is 63.1 cm³/mol. The number of nitrogens with zero attached hydrogens (tertiary/aromatic N) is 2. The van der Waals surface area contributed by atoms with E-state index in [1.165, 1.54) is 0 Å². The maximum absolute atomic E-state index is 4.45. The summed E-state index contributed by atoms with van der Waals surface area (Å²) in [6, 6.07) is 0. The van der Waals surface area contributed by atoms with Crippen LogP contribution in [0.2, 0.25) is 0 Å². The lowest BCUT2D eigenvalue weighted by Gasteiger charge is -2.08. The van der Waals surface area contributed by atoms with Crippen molar-refractivity contribution in [1.82, 2.24) is 9.97 Å². The Balaban J connectivity index is 2.91. The summed E-state index contributed by atoms with van der Waals surface area (Å²) < 4.78 is 0. The van der Waals surface area contributed by atoms with E-state index in [2.05, 4.69) is 21.5 Å². The van der Waals surface area contributed by atoms with Gasteiger partial charge in [-0.2, -0.15) is 11.8 Å². The third kappa shape index (κ3) is 2.61. The Bertz CT molecular complexity index is 312. The molecule has 0 saturated heterocycles. The summed E-state index contributed by atoms with van der Waals surface area (Å²) >= 11 is 1.82. The fourth-order valence-electron chi connectivity index (χ4n) is 1.24. The van der Waals surface area contributed by atoms with E-state index >= 15 is 0 Å². The molecule has 0 aliphatic rings. The van der Waals surface area contributed by atoms with Gasteiger partial charge in [0.25, 0.3) is 0 Å². The number of anilines is 1. The molecular weight excluding hydrogens is 194 g/mol. The highest BCUT2D eigenvalue weighted by atomic mass is 32.2. The second kappa shape index (κ2) is 5.20. The summed E-state index contributed by atoms with van der Waals surface area (Å²) in [6.07, 6.45) is 3.04. The van der Waals surface area contributed by atoms with Crippen molar-refractivity contribution < 1.29 is 0 Å². The van der Waals surface area contributed by atoms with E-state index in [4.69, 9.17) is 0 Å². The molecule has 14 heavy (non-hydrogen) atoms. The van der Waals surface area contributed by atoms with Gasteiger partial charge in [-0.15, -0.1) is 0 Å². The van der Waals surface area contributed by atoms with E-state index in [1.54, 1.807) is 0 Å². The van der Waals surface area contributed by atoms with Crippen LogP contribution in [-0.2, 0) is 6.42 Å². The Morgan fingerprint density at radius 2 is 2.00 bits per heavy atom. The molecule has 3 nitrogen and oxygen atoms in total. The molecule has 1 aromatic heterocycles. The molecule has 1 rings (SSSR count). The first-order chi connectivity index (χ1) is 6.69. The molecule has 4 heteroatoms. The second-order valence-electron chi connectivity index (χ2n) is 3.19. The highest BCUT2D eigenvalue weighted by Gasteiger charge is 2.05. The molecule has 0 saturated carbocycles. The summed E-state index contributed by atoms with van der Waals surface area (Å²) in [6.45, 7) is 4.07. The number of nitrogens with one attached hydrogen (secondary N) is 1. The van der Waals surface area contributed by atoms with Gasteiger partial charge in [-0.3, -0.25) is 0 Å². The van der Waals surface area contributed by atoms with Gasteiger partial charge in [0, 0.05) is 30.5 Å². The van der Waals surface area contributed by atoms with Crippen LogP contribution in [-0.4, -0.2) is 29.0 Å². The number of hydrogen-bond donors (Lipinski definition) is 1. The average molecular weight is 211 g/mol. The normalized spacial score (nSPS) is 10.3. The monoisotopic (exact) mass is 211 g/mol. The first-order valence-corrected chi connectivity index (χ1v) is 6.09. The lowest BCUT2D eigenvalue weighted by Crippen LogP contribution is -2.06. The molecule has 0 aromatic carbocycles. The van der Waals surface area contributed by atoms with Crippen molar-refractivity contribution in [2.24, 2.45) is 0 Å². The van der Waals surface area contributed by atoms with Gasteiger partial charge in [-0.05, 0) is 20.1 Å². The van der Waals surface area contributed by atoms with Crippen molar-refractivity contribution in [3.8, 4) is 0 Å². The molecule has 0 radical (unpaired) electrons. The van der Waals surface area contributed by atoms with Gasteiger partial charge < -0.3 is 5.32 Å².